The topological polar surface area (TPSA) is 52.0 Å². The Kier molecular flexibility index (Phi) is 6.14. The largest absolute Gasteiger partial charge is 0.292 e. The van der Waals surface area contributed by atoms with E-state index >= 15 is 0 Å². The van der Waals surface area contributed by atoms with Gasteiger partial charge >= 0.3 is 0 Å². The molecule has 6 rings (SSSR count). The number of rotatable bonds is 7. The number of Topliss-reactive ketones (excluding diaryl/α,β-unsaturated/α-hetero) is 1. The van der Waals surface area contributed by atoms with E-state index in [1.54, 1.807) is 4.68 Å². The third-order valence-corrected chi connectivity index (χ3v) is 7.12. The van der Waals surface area contributed by atoms with Crippen LogP contribution in [0.1, 0.15) is 54.6 Å². The van der Waals surface area contributed by atoms with Crippen LogP contribution in [0.4, 0.5) is 0 Å². The average Bonchev–Trinajstić information content (AvgIpc) is 3.56. The van der Waals surface area contributed by atoms with Crippen LogP contribution in [0.2, 0.25) is 0 Å². The van der Waals surface area contributed by atoms with Gasteiger partial charge in [0.05, 0.1) is 17.0 Å². The summed E-state index contributed by atoms with van der Waals surface area (Å²) in [5, 5.41) is 5.03. The summed E-state index contributed by atoms with van der Waals surface area (Å²) in [6, 6.07) is 34.5. The normalized spacial score (nSPS) is 13.9. The fourth-order valence-electron chi connectivity index (χ4n) is 5.25. The zero-order valence-electron chi connectivity index (χ0n) is 21.0. The number of allylic oxidation sites excluding steroid dienone is 1. The quantitative estimate of drug-likeness (QED) is 0.226. The molecular weight excluding hydrogens is 468 g/mol. The lowest BCUT2D eigenvalue weighted by atomic mass is 9.89. The Balaban J connectivity index is 1.58. The summed E-state index contributed by atoms with van der Waals surface area (Å²) in [6.45, 7) is 2.12. The maximum absolute atomic E-state index is 14.2. The standard InChI is InChI=1S/C34H26N2O2/c1-23-12-11-19-28-27(23)20-21-29(28)32-31(34(38)26-17-9-4-10-18-26)33(25-15-7-3-8-16-25)36(35-32)22-30(37)24-13-5-2-6-14-24/h2-21,29H,22H2,1H3. The highest BCUT2D eigenvalue weighted by molar-refractivity contribution is 6.13. The van der Waals surface area contributed by atoms with Crippen molar-refractivity contribution in [2.75, 3.05) is 0 Å². The van der Waals surface area contributed by atoms with Gasteiger partial charge in [0, 0.05) is 22.6 Å². The van der Waals surface area contributed by atoms with E-state index in [1.165, 1.54) is 5.56 Å². The van der Waals surface area contributed by atoms with Crippen molar-refractivity contribution in [1.29, 1.82) is 0 Å². The molecule has 0 fully saturated rings. The van der Waals surface area contributed by atoms with Crippen LogP contribution in [-0.4, -0.2) is 21.3 Å². The van der Waals surface area contributed by atoms with Gasteiger partial charge in [-0.3, -0.25) is 14.3 Å². The van der Waals surface area contributed by atoms with Gasteiger partial charge < -0.3 is 0 Å². The van der Waals surface area contributed by atoms with Gasteiger partial charge in [0.15, 0.2) is 11.6 Å². The minimum Gasteiger partial charge on any atom is -0.292 e. The number of aryl methyl sites for hydroxylation is 1. The third-order valence-electron chi connectivity index (χ3n) is 7.12. The lowest BCUT2D eigenvalue weighted by Crippen LogP contribution is -2.13. The zero-order chi connectivity index (χ0) is 26.1. The highest BCUT2D eigenvalue weighted by Crippen LogP contribution is 2.41. The van der Waals surface area contributed by atoms with Crippen molar-refractivity contribution in [2.24, 2.45) is 0 Å². The molecule has 4 aromatic carbocycles. The molecule has 1 aliphatic rings. The molecule has 0 aliphatic heterocycles. The molecule has 1 unspecified atom stereocenters. The highest BCUT2D eigenvalue weighted by atomic mass is 16.1. The fraction of sp³-hybridized carbons (Fsp3) is 0.0882. The van der Waals surface area contributed by atoms with Crippen molar-refractivity contribution < 1.29 is 9.59 Å². The summed E-state index contributed by atoms with van der Waals surface area (Å²) in [7, 11) is 0. The molecule has 184 valence electrons. The zero-order valence-corrected chi connectivity index (χ0v) is 21.0. The molecule has 0 saturated heterocycles. The van der Waals surface area contributed by atoms with Crippen molar-refractivity contribution in [3.8, 4) is 11.3 Å². The van der Waals surface area contributed by atoms with Crippen LogP contribution in [0.5, 0.6) is 0 Å². The second-order valence-electron chi connectivity index (χ2n) is 9.53. The molecule has 0 N–H and O–H groups in total. The van der Waals surface area contributed by atoms with Gasteiger partial charge in [-0.25, -0.2) is 0 Å². The number of carbonyl (C=O) groups excluding carboxylic acids is 2. The number of nitrogens with zero attached hydrogens (tertiary/aromatic N) is 2. The number of hydrogen-bond acceptors (Lipinski definition) is 3. The van der Waals surface area contributed by atoms with Gasteiger partial charge in [0.1, 0.15) is 6.54 Å². The van der Waals surface area contributed by atoms with Gasteiger partial charge in [-0.05, 0) is 23.6 Å². The molecule has 0 bridgehead atoms. The molecule has 1 aromatic heterocycles. The summed E-state index contributed by atoms with van der Waals surface area (Å²) >= 11 is 0. The predicted octanol–water partition coefficient (Wildman–Crippen LogP) is 7.13. The molecule has 38 heavy (non-hydrogen) atoms. The number of fused-ring (bicyclic) bond motifs is 1. The van der Waals surface area contributed by atoms with E-state index in [1.807, 2.05) is 97.1 Å². The van der Waals surface area contributed by atoms with Gasteiger partial charge in [0.2, 0.25) is 0 Å². The predicted molar refractivity (Wildman–Crippen MR) is 150 cm³/mol. The Morgan fingerprint density at radius 2 is 1.39 bits per heavy atom. The smallest absolute Gasteiger partial charge is 0.197 e. The van der Waals surface area contributed by atoms with Gasteiger partial charge in [-0.1, -0.05) is 121 Å². The Hall–Kier alpha value is -4.83. The Bertz CT molecular complexity index is 1670. The van der Waals surface area contributed by atoms with Gasteiger partial charge in [0.25, 0.3) is 0 Å². The summed E-state index contributed by atoms with van der Waals surface area (Å²) in [5.41, 5.74) is 7.36. The molecule has 1 heterocycles. The van der Waals surface area contributed by atoms with E-state index in [0.717, 1.165) is 16.7 Å². The van der Waals surface area contributed by atoms with E-state index in [-0.39, 0.29) is 24.0 Å². The summed E-state index contributed by atoms with van der Waals surface area (Å²) in [4.78, 5) is 27.6. The third kappa shape index (κ3) is 4.20. The minimum absolute atomic E-state index is 0.0282. The lowest BCUT2D eigenvalue weighted by molar-refractivity contribution is 0.0966. The van der Waals surface area contributed by atoms with Crippen LogP contribution in [0.25, 0.3) is 17.3 Å². The minimum atomic E-state index is -0.192. The maximum atomic E-state index is 14.2. The number of benzene rings is 4. The first kappa shape index (κ1) is 23.6. The second kappa shape index (κ2) is 9.91. The number of carbonyl (C=O) groups is 2. The maximum Gasteiger partial charge on any atom is 0.197 e. The van der Waals surface area contributed by atoms with E-state index in [2.05, 4.69) is 31.2 Å². The lowest BCUT2D eigenvalue weighted by Gasteiger charge is -2.13. The molecule has 1 aliphatic carbocycles. The fourth-order valence-corrected chi connectivity index (χ4v) is 5.25. The van der Waals surface area contributed by atoms with Crippen LogP contribution in [-0.2, 0) is 6.54 Å². The first-order valence-corrected chi connectivity index (χ1v) is 12.7. The Morgan fingerprint density at radius 3 is 2.08 bits per heavy atom. The first-order valence-electron chi connectivity index (χ1n) is 12.7. The molecule has 5 aromatic rings. The molecule has 0 amide bonds. The molecule has 0 spiro atoms. The van der Waals surface area contributed by atoms with Gasteiger partial charge in [-0.2, -0.15) is 5.10 Å². The van der Waals surface area contributed by atoms with E-state index in [4.69, 9.17) is 5.10 Å². The van der Waals surface area contributed by atoms with E-state index in [9.17, 15) is 9.59 Å². The van der Waals surface area contributed by atoms with Crippen molar-refractivity contribution in [3.05, 3.63) is 154 Å². The first-order chi connectivity index (χ1) is 18.6. The summed E-state index contributed by atoms with van der Waals surface area (Å²) in [6.07, 6.45) is 4.22. The van der Waals surface area contributed by atoms with E-state index in [0.29, 0.717) is 28.1 Å². The van der Waals surface area contributed by atoms with Crippen LogP contribution < -0.4 is 0 Å². The molecular formula is C34H26N2O2. The Morgan fingerprint density at radius 1 is 0.763 bits per heavy atom. The van der Waals surface area contributed by atoms with Crippen molar-refractivity contribution in [2.45, 2.75) is 19.4 Å². The monoisotopic (exact) mass is 494 g/mol. The molecule has 0 saturated carbocycles. The van der Waals surface area contributed by atoms with Gasteiger partial charge in [-0.15, -0.1) is 0 Å². The average molecular weight is 495 g/mol. The van der Waals surface area contributed by atoms with E-state index < -0.39 is 0 Å². The van der Waals surface area contributed by atoms with Crippen LogP contribution in [0.3, 0.4) is 0 Å². The SMILES string of the molecule is Cc1cccc2c1C=CC2c1nn(CC(=O)c2ccccc2)c(-c2ccccc2)c1C(=O)c1ccccc1. The highest BCUT2D eigenvalue weighted by Gasteiger charge is 2.33. The van der Waals surface area contributed by atoms with Crippen LogP contribution in [0, 0.1) is 6.92 Å². The number of hydrogen-bond donors (Lipinski definition) is 0. The molecule has 4 heteroatoms. The van der Waals surface area contributed by atoms with Crippen LogP contribution in [0.15, 0.2) is 115 Å². The summed E-state index contributed by atoms with van der Waals surface area (Å²) < 4.78 is 1.72. The second-order valence-corrected chi connectivity index (χ2v) is 9.53. The number of aromatic nitrogens is 2. The summed E-state index contributed by atoms with van der Waals surface area (Å²) in [5.74, 6) is -0.357. The molecule has 1 atom stereocenters. The molecule has 0 radical (unpaired) electrons. The molecule has 4 nitrogen and oxygen atoms in total. The van der Waals surface area contributed by atoms with Crippen molar-refractivity contribution in [1.82, 2.24) is 9.78 Å². The Labute approximate surface area is 221 Å². The van der Waals surface area contributed by atoms with Crippen LogP contribution >= 0.6 is 0 Å². The number of ketones is 2. The van der Waals surface area contributed by atoms with Crippen molar-refractivity contribution >= 4 is 17.6 Å². The van der Waals surface area contributed by atoms with Crippen molar-refractivity contribution in [3.63, 3.8) is 0 Å².